The molecule has 1 aromatic carbocycles. The van der Waals surface area contributed by atoms with Crippen LogP contribution in [-0.2, 0) is 14.4 Å². The van der Waals surface area contributed by atoms with Gasteiger partial charge in [-0.25, -0.2) is 4.79 Å². The highest BCUT2D eigenvalue weighted by atomic mass is 32.2. The van der Waals surface area contributed by atoms with Gasteiger partial charge in [0.25, 0.3) is 0 Å². The van der Waals surface area contributed by atoms with Crippen LogP contribution in [0.2, 0.25) is 0 Å². The van der Waals surface area contributed by atoms with E-state index in [1.165, 1.54) is 40.9 Å². The largest absolute Gasteiger partial charge is 0.508 e. The number of phenols is 1. The van der Waals surface area contributed by atoms with Gasteiger partial charge in [0, 0.05) is 4.75 Å². The van der Waals surface area contributed by atoms with E-state index < -0.39 is 46.0 Å². The van der Waals surface area contributed by atoms with Crippen LogP contribution in [0.4, 0.5) is 0 Å². The van der Waals surface area contributed by atoms with Gasteiger partial charge in [-0.3, -0.25) is 9.59 Å². The van der Waals surface area contributed by atoms with Crippen molar-refractivity contribution in [1.82, 2.24) is 10.2 Å². The Bertz CT molecular complexity index is 736. The Hall–Kier alpha value is -2.26. The predicted molar refractivity (Wildman–Crippen MR) is 90.7 cm³/mol. The summed E-state index contributed by atoms with van der Waals surface area (Å²) in [7, 11) is 0. The maximum atomic E-state index is 12.3. The lowest BCUT2D eigenvalue weighted by Crippen LogP contribution is -2.71. The van der Waals surface area contributed by atoms with Crippen molar-refractivity contribution in [2.24, 2.45) is 5.73 Å². The number of hydrogen-bond acceptors (Lipinski definition) is 6. The van der Waals surface area contributed by atoms with Crippen LogP contribution in [0.5, 0.6) is 5.75 Å². The number of aliphatic carboxylic acids is 1. The average molecular weight is 365 g/mol. The molecule has 8 nitrogen and oxygen atoms in total. The van der Waals surface area contributed by atoms with E-state index in [1.54, 1.807) is 13.8 Å². The maximum absolute atomic E-state index is 12.3. The zero-order valence-corrected chi connectivity index (χ0v) is 14.5. The molecule has 0 aromatic heterocycles. The number of benzene rings is 1. The number of carboxylic acid groups (broad SMARTS) is 1. The number of carbonyl (C=O) groups excluding carboxylic acids is 2. The molecule has 0 aliphatic carbocycles. The number of carboxylic acids is 1. The van der Waals surface area contributed by atoms with Crippen molar-refractivity contribution in [3.63, 3.8) is 0 Å². The first-order valence-corrected chi connectivity index (χ1v) is 8.59. The van der Waals surface area contributed by atoms with E-state index in [9.17, 15) is 24.6 Å². The molecule has 4 atom stereocenters. The first-order chi connectivity index (χ1) is 11.6. The second kappa shape index (κ2) is 5.92. The van der Waals surface area contributed by atoms with Crippen LogP contribution in [0, 0.1) is 0 Å². The molecule has 2 aliphatic rings. The van der Waals surface area contributed by atoms with Crippen molar-refractivity contribution in [1.29, 1.82) is 0 Å². The van der Waals surface area contributed by atoms with Crippen molar-refractivity contribution in [3.05, 3.63) is 29.8 Å². The molecule has 0 unspecified atom stereocenters. The molecule has 2 aliphatic heterocycles. The molecule has 0 radical (unpaired) electrons. The fraction of sp³-hybridized carbons (Fsp3) is 0.438. The lowest BCUT2D eigenvalue weighted by molar-refractivity contribution is -0.161. The monoisotopic (exact) mass is 365 g/mol. The van der Waals surface area contributed by atoms with Gasteiger partial charge >= 0.3 is 5.97 Å². The second-order valence-corrected chi connectivity index (χ2v) is 8.42. The van der Waals surface area contributed by atoms with Gasteiger partial charge in [-0.2, -0.15) is 0 Å². The molecule has 0 saturated carbocycles. The number of hydrogen-bond donors (Lipinski definition) is 4. The summed E-state index contributed by atoms with van der Waals surface area (Å²) in [6, 6.07) is 3.21. The standard InChI is InChI=1S/C16H19N3O5S/c1-16(2)11(15(23)24)19-13(22)10(14(19)25-16)18-12(21)9(17)7-3-5-8(20)6-4-7/h3-6,9-11,14,20H,17H2,1-2H3,(H,18,21)(H,23,24)/t9-,10+,11+,14+/m1/s1. The van der Waals surface area contributed by atoms with Crippen LogP contribution in [0.25, 0.3) is 0 Å². The highest BCUT2D eigenvalue weighted by Gasteiger charge is 2.64. The minimum Gasteiger partial charge on any atom is -0.508 e. The number of nitrogens with zero attached hydrogens (tertiary/aromatic N) is 1. The van der Waals surface area contributed by atoms with Gasteiger partial charge in [0.1, 0.15) is 29.2 Å². The van der Waals surface area contributed by atoms with Crippen molar-refractivity contribution >= 4 is 29.5 Å². The molecule has 25 heavy (non-hydrogen) atoms. The SMILES string of the molecule is CC1(C)S[C@H]2[C@@H](NC(=O)[C@H](N)c3ccc(O)cc3)C(=O)N2[C@H]1C(=O)O. The third-order valence-corrected chi connectivity index (χ3v) is 6.08. The molecule has 0 spiro atoms. The van der Waals surface area contributed by atoms with Gasteiger partial charge in [0.2, 0.25) is 11.8 Å². The lowest BCUT2D eigenvalue weighted by atomic mass is 9.95. The van der Waals surface area contributed by atoms with Gasteiger partial charge in [-0.1, -0.05) is 12.1 Å². The summed E-state index contributed by atoms with van der Waals surface area (Å²) in [5.41, 5.74) is 6.41. The highest BCUT2D eigenvalue weighted by molar-refractivity contribution is 8.01. The normalized spacial score (nSPS) is 28.0. The first kappa shape index (κ1) is 17.6. The van der Waals surface area contributed by atoms with Gasteiger partial charge in [0.15, 0.2) is 0 Å². The van der Waals surface area contributed by atoms with Crippen LogP contribution in [0.3, 0.4) is 0 Å². The lowest BCUT2D eigenvalue weighted by Gasteiger charge is -2.43. The molecule has 0 bridgehead atoms. The zero-order valence-electron chi connectivity index (χ0n) is 13.7. The van der Waals surface area contributed by atoms with E-state index in [0.29, 0.717) is 5.56 Å². The van der Waals surface area contributed by atoms with Crippen molar-refractivity contribution < 1.29 is 24.6 Å². The van der Waals surface area contributed by atoms with Crippen molar-refractivity contribution in [3.8, 4) is 5.75 Å². The Balaban J connectivity index is 1.70. The van der Waals surface area contributed by atoms with E-state index >= 15 is 0 Å². The highest BCUT2D eigenvalue weighted by Crippen LogP contribution is 2.50. The molecule has 2 saturated heterocycles. The summed E-state index contributed by atoms with van der Waals surface area (Å²) in [5.74, 6) is -1.94. The molecule has 134 valence electrons. The summed E-state index contributed by atoms with van der Waals surface area (Å²) in [6.07, 6.45) is 0. The number of carbonyl (C=O) groups is 3. The van der Waals surface area contributed by atoms with Gasteiger partial charge in [-0.05, 0) is 31.5 Å². The topological polar surface area (TPSA) is 133 Å². The molecular weight excluding hydrogens is 346 g/mol. The number of fused-ring (bicyclic) bond motifs is 1. The number of amides is 2. The smallest absolute Gasteiger partial charge is 0.327 e. The Labute approximate surface area is 148 Å². The predicted octanol–water partition coefficient (Wildman–Crippen LogP) is 0.0237. The number of phenolic OH excluding ortho intramolecular Hbond substituents is 1. The molecule has 5 N–H and O–H groups in total. The number of rotatable bonds is 4. The fourth-order valence-corrected chi connectivity index (χ4v) is 4.85. The van der Waals surface area contributed by atoms with Crippen LogP contribution >= 0.6 is 11.8 Å². The van der Waals surface area contributed by atoms with Crippen LogP contribution in [-0.4, -0.2) is 55.1 Å². The van der Waals surface area contributed by atoms with E-state index in [2.05, 4.69) is 5.32 Å². The van der Waals surface area contributed by atoms with Crippen LogP contribution in [0.1, 0.15) is 25.5 Å². The molecule has 2 fully saturated rings. The molecule has 1 aromatic rings. The van der Waals surface area contributed by atoms with E-state index in [1.807, 2.05) is 0 Å². The molecule has 2 amide bonds. The minimum absolute atomic E-state index is 0.0606. The van der Waals surface area contributed by atoms with Crippen LogP contribution in [0.15, 0.2) is 24.3 Å². The summed E-state index contributed by atoms with van der Waals surface area (Å²) in [5, 5.41) is 20.9. The molecule has 2 heterocycles. The number of β-lactam (4-membered cyclic amide) rings is 1. The van der Waals surface area contributed by atoms with Crippen LogP contribution < -0.4 is 11.1 Å². The molecule has 3 rings (SSSR count). The van der Waals surface area contributed by atoms with E-state index in [4.69, 9.17) is 5.73 Å². The van der Waals surface area contributed by atoms with E-state index in [-0.39, 0.29) is 5.75 Å². The summed E-state index contributed by atoms with van der Waals surface area (Å²) in [6.45, 7) is 3.53. The quantitative estimate of drug-likeness (QED) is 0.553. The van der Waals surface area contributed by atoms with Gasteiger partial charge < -0.3 is 26.2 Å². The molecule has 9 heteroatoms. The number of thioether (sulfide) groups is 1. The van der Waals surface area contributed by atoms with Gasteiger partial charge in [0.05, 0.1) is 0 Å². The number of nitrogens with two attached hydrogens (primary N) is 1. The Kier molecular flexibility index (Phi) is 4.16. The minimum atomic E-state index is -1.06. The Morgan fingerprint density at radius 3 is 2.48 bits per heavy atom. The maximum Gasteiger partial charge on any atom is 0.327 e. The summed E-state index contributed by atoms with van der Waals surface area (Å²) in [4.78, 5) is 37.5. The third kappa shape index (κ3) is 2.83. The first-order valence-electron chi connectivity index (χ1n) is 7.71. The zero-order chi connectivity index (χ0) is 18.5. The number of nitrogens with one attached hydrogen (secondary N) is 1. The van der Waals surface area contributed by atoms with Crippen molar-refractivity contribution in [2.45, 2.75) is 42.1 Å². The van der Waals surface area contributed by atoms with Gasteiger partial charge in [-0.15, -0.1) is 11.8 Å². The number of aromatic hydroxyl groups is 1. The summed E-state index contributed by atoms with van der Waals surface area (Å²) < 4.78 is -0.648. The Morgan fingerprint density at radius 2 is 1.92 bits per heavy atom. The summed E-state index contributed by atoms with van der Waals surface area (Å²) >= 11 is 1.35. The third-order valence-electron chi connectivity index (χ3n) is 4.51. The fourth-order valence-electron chi connectivity index (χ4n) is 3.22. The second-order valence-electron chi connectivity index (χ2n) is 6.65. The Morgan fingerprint density at radius 1 is 1.32 bits per heavy atom. The van der Waals surface area contributed by atoms with Crippen molar-refractivity contribution in [2.75, 3.05) is 0 Å². The van der Waals surface area contributed by atoms with E-state index in [0.717, 1.165) is 0 Å². The average Bonchev–Trinajstić information content (AvgIpc) is 2.80. The molecular formula is C16H19N3O5S.